The van der Waals surface area contributed by atoms with Crippen LogP contribution in [0.5, 0.6) is 0 Å². The minimum Gasteiger partial charge on any atom is -0.370 e. The first-order valence-electron chi connectivity index (χ1n) is 6.26. The van der Waals surface area contributed by atoms with E-state index >= 15 is 0 Å². The first kappa shape index (κ1) is 14.5. The molecule has 2 aromatic rings. The van der Waals surface area contributed by atoms with E-state index in [-0.39, 0.29) is 17.7 Å². The van der Waals surface area contributed by atoms with Gasteiger partial charge in [-0.05, 0) is 41.8 Å². The summed E-state index contributed by atoms with van der Waals surface area (Å²) in [7, 11) is 0. The molecule has 108 valence electrons. The van der Waals surface area contributed by atoms with Crippen LogP contribution in [0.25, 0.3) is 11.1 Å². The summed E-state index contributed by atoms with van der Waals surface area (Å²) in [6.45, 7) is 1.72. The lowest BCUT2D eigenvalue weighted by atomic mass is 10.0. The van der Waals surface area contributed by atoms with Crippen LogP contribution in [-0.4, -0.2) is 11.9 Å². The Morgan fingerprint density at radius 1 is 1.00 bits per heavy atom. The van der Waals surface area contributed by atoms with Crippen molar-refractivity contribution in [3.05, 3.63) is 53.8 Å². The molecule has 0 unspecified atom stereocenters. The van der Waals surface area contributed by atoms with Gasteiger partial charge in [-0.2, -0.15) is 4.99 Å². The first-order valence-corrected chi connectivity index (χ1v) is 6.26. The van der Waals surface area contributed by atoms with Crippen molar-refractivity contribution in [2.75, 3.05) is 0 Å². The Morgan fingerprint density at radius 3 is 2.38 bits per heavy atom. The fourth-order valence-electron chi connectivity index (χ4n) is 1.82. The summed E-state index contributed by atoms with van der Waals surface area (Å²) in [5, 5.41) is 0. The number of rotatable bonds is 2. The lowest BCUT2D eigenvalue weighted by Crippen LogP contribution is -2.26. The third kappa shape index (κ3) is 3.79. The summed E-state index contributed by atoms with van der Waals surface area (Å²) < 4.78 is 13.6. The SMILES string of the molecule is Cc1ccc(-c2cccc(N=C(N)N=C(N)N)c2)cc1F. The lowest BCUT2D eigenvalue weighted by Gasteiger charge is -2.05. The minimum atomic E-state index is -0.249. The fourth-order valence-corrected chi connectivity index (χ4v) is 1.82. The van der Waals surface area contributed by atoms with E-state index in [0.29, 0.717) is 11.3 Å². The third-order valence-electron chi connectivity index (χ3n) is 2.84. The number of hydrogen-bond donors (Lipinski definition) is 3. The second-order valence-electron chi connectivity index (χ2n) is 4.52. The van der Waals surface area contributed by atoms with E-state index in [9.17, 15) is 4.39 Å². The first-order chi connectivity index (χ1) is 9.95. The highest BCUT2D eigenvalue weighted by atomic mass is 19.1. The van der Waals surface area contributed by atoms with Gasteiger partial charge in [0.05, 0.1) is 5.69 Å². The maximum absolute atomic E-state index is 13.6. The summed E-state index contributed by atoms with van der Waals surface area (Å²) in [6.07, 6.45) is 0. The number of nitrogens with two attached hydrogens (primary N) is 3. The van der Waals surface area contributed by atoms with Crippen molar-refractivity contribution in [1.82, 2.24) is 0 Å². The molecule has 0 aromatic heterocycles. The smallest absolute Gasteiger partial charge is 0.223 e. The van der Waals surface area contributed by atoms with Gasteiger partial charge in [0.15, 0.2) is 5.96 Å². The zero-order valence-electron chi connectivity index (χ0n) is 11.5. The molecule has 0 atom stereocenters. The average molecular weight is 285 g/mol. The van der Waals surface area contributed by atoms with Crippen LogP contribution in [-0.2, 0) is 0 Å². The predicted molar refractivity (Wildman–Crippen MR) is 83.7 cm³/mol. The van der Waals surface area contributed by atoms with Crippen LogP contribution in [0.3, 0.4) is 0 Å². The van der Waals surface area contributed by atoms with E-state index < -0.39 is 0 Å². The summed E-state index contributed by atoms with van der Waals surface area (Å²) >= 11 is 0. The van der Waals surface area contributed by atoms with Crippen molar-refractivity contribution in [3.63, 3.8) is 0 Å². The van der Waals surface area contributed by atoms with Crippen LogP contribution in [0, 0.1) is 12.7 Å². The van der Waals surface area contributed by atoms with Gasteiger partial charge in [0.25, 0.3) is 0 Å². The van der Waals surface area contributed by atoms with Gasteiger partial charge in [0.1, 0.15) is 5.82 Å². The van der Waals surface area contributed by atoms with Crippen LogP contribution >= 0.6 is 0 Å². The quantitative estimate of drug-likeness (QED) is 0.581. The second-order valence-corrected chi connectivity index (χ2v) is 4.52. The maximum Gasteiger partial charge on any atom is 0.223 e. The number of aryl methyl sites for hydroxylation is 1. The molecule has 6 heteroatoms. The van der Waals surface area contributed by atoms with Crippen molar-refractivity contribution in [2.45, 2.75) is 6.92 Å². The highest BCUT2D eigenvalue weighted by molar-refractivity contribution is 5.93. The molecule has 0 radical (unpaired) electrons. The summed E-state index contributed by atoms with van der Waals surface area (Å²) in [6, 6.07) is 12.3. The van der Waals surface area contributed by atoms with Gasteiger partial charge in [-0.15, -0.1) is 0 Å². The number of guanidine groups is 2. The molecule has 0 aliphatic heterocycles. The molecule has 21 heavy (non-hydrogen) atoms. The number of aliphatic imine (C=N–C) groups is 2. The number of hydrogen-bond acceptors (Lipinski definition) is 1. The van der Waals surface area contributed by atoms with Crippen LogP contribution in [0.15, 0.2) is 52.4 Å². The summed E-state index contributed by atoms with van der Waals surface area (Å²) in [4.78, 5) is 7.72. The molecule has 0 saturated heterocycles. The van der Waals surface area contributed by atoms with E-state index in [1.165, 1.54) is 6.07 Å². The van der Waals surface area contributed by atoms with Crippen LogP contribution in [0.4, 0.5) is 10.1 Å². The summed E-state index contributed by atoms with van der Waals surface area (Å²) in [5.74, 6) is -0.448. The number of benzene rings is 2. The van der Waals surface area contributed by atoms with Gasteiger partial charge in [0, 0.05) is 0 Å². The van der Waals surface area contributed by atoms with E-state index in [1.807, 2.05) is 12.1 Å². The van der Waals surface area contributed by atoms with Crippen molar-refractivity contribution < 1.29 is 4.39 Å². The van der Waals surface area contributed by atoms with Crippen LogP contribution < -0.4 is 17.2 Å². The molecule has 0 saturated carbocycles. The zero-order valence-corrected chi connectivity index (χ0v) is 11.5. The van der Waals surface area contributed by atoms with Crippen molar-refractivity contribution in [2.24, 2.45) is 27.2 Å². The highest BCUT2D eigenvalue weighted by Crippen LogP contribution is 2.25. The Bertz CT molecular complexity index is 718. The Hall–Kier alpha value is -2.89. The molecule has 2 rings (SSSR count). The van der Waals surface area contributed by atoms with Gasteiger partial charge in [-0.3, -0.25) is 0 Å². The molecule has 0 bridgehead atoms. The van der Waals surface area contributed by atoms with Gasteiger partial charge >= 0.3 is 0 Å². The molecule has 0 spiro atoms. The van der Waals surface area contributed by atoms with Crippen molar-refractivity contribution in [1.29, 1.82) is 0 Å². The molecule has 0 aliphatic carbocycles. The Morgan fingerprint density at radius 2 is 1.71 bits per heavy atom. The molecule has 0 heterocycles. The third-order valence-corrected chi connectivity index (χ3v) is 2.84. The van der Waals surface area contributed by atoms with E-state index in [2.05, 4.69) is 9.98 Å². The monoisotopic (exact) mass is 285 g/mol. The standard InChI is InChI=1S/C15H16FN5/c1-9-5-6-11(8-13(9)16)10-3-2-4-12(7-10)20-15(19)21-14(17)18/h2-8H,1H3,(H6,17,18,19,20,21). The molecule has 0 fully saturated rings. The molecule has 0 aliphatic rings. The molecular formula is C15H16FN5. The van der Waals surface area contributed by atoms with Crippen LogP contribution in [0.2, 0.25) is 0 Å². The van der Waals surface area contributed by atoms with E-state index in [0.717, 1.165) is 11.1 Å². The molecule has 6 N–H and O–H groups in total. The predicted octanol–water partition coefficient (Wildman–Crippen LogP) is 2.02. The molecule has 5 nitrogen and oxygen atoms in total. The average Bonchev–Trinajstić information content (AvgIpc) is 2.41. The zero-order chi connectivity index (χ0) is 15.4. The van der Waals surface area contributed by atoms with Crippen molar-refractivity contribution in [3.8, 4) is 11.1 Å². The fraction of sp³-hybridized carbons (Fsp3) is 0.0667. The molecule has 0 amide bonds. The Kier molecular flexibility index (Phi) is 4.18. The largest absolute Gasteiger partial charge is 0.370 e. The van der Waals surface area contributed by atoms with E-state index in [4.69, 9.17) is 17.2 Å². The highest BCUT2D eigenvalue weighted by Gasteiger charge is 2.03. The lowest BCUT2D eigenvalue weighted by molar-refractivity contribution is 0.619. The van der Waals surface area contributed by atoms with Gasteiger partial charge in [-0.25, -0.2) is 9.38 Å². The Balaban J connectivity index is 2.37. The van der Waals surface area contributed by atoms with Gasteiger partial charge in [0.2, 0.25) is 5.96 Å². The molecular weight excluding hydrogens is 269 g/mol. The van der Waals surface area contributed by atoms with E-state index in [1.54, 1.807) is 31.2 Å². The minimum absolute atomic E-state index is 0.0396. The normalized spacial score (nSPS) is 11.2. The second kappa shape index (κ2) is 6.04. The Labute approximate surface area is 122 Å². The van der Waals surface area contributed by atoms with Gasteiger partial charge in [-0.1, -0.05) is 24.3 Å². The van der Waals surface area contributed by atoms with Crippen LogP contribution in [0.1, 0.15) is 5.56 Å². The number of nitrogens with zero attached hydrogens (tertiary/aromatic N) is 2. The van der Waals surface area contributed by atoms with Gasteiger partial charge < -0.3 is 17.2 Å². The summed E-state index contributed by atoms with van der Waals surface area (Å²) in [5.41, 5.74) is 18.8. The maximum atomic E-state index is 13.6. The molecule has 2 aromatic carbocycles. The van der Waals surface area contributed by atoms with Crippen molar-refractivity contribution >= 4 is 17.6 Å². The number of halogens is 1. The topological polar surface area (TPSA) is 103 Å².